The van der Waals surface area contributed by atoms with Gasteiger partial charge in [0.2, 0.25) is 0 Å². The van der Waals surface area contributed by atoms with E-state index in [0.717, 1.165) is 48.2 Å². The average molecular weight is 376 g/mol. The van der Waals surface area contributed by atoms with E-state index >= 15 is 0 Å². The predicted molar refractivity (Wildman–Crippen MR) is 107 cm³/mol. The zero-order chi connectivity index (χ0) is 19.4. The van der Waals surface area contributed by atoms with Gasteiger partial charge in [-0.1, -0.05) is 12.1 Å². The largest absolute Gasteiger partial charge is 0.494 e. The summed E-state index contributed by atoms with van der Waals surface area (Å²) in [5.74, 6) is -0.329. The number of fused-ring (bicyclic) bond motifs is 2. The molecule has 6 nitrogen and oxygen atoms in total. The fraction of sp³-hybridized carbons (Fsp3) is 0.273. The third kappa shape index (κ3) is 2.48. The first kappa shape index (κ1) is 16.9. The van der Waals surface area contributed by atoms with Crippen LogP contribution in [0.1, 0.15) is 40.2 Å². The molecule has 1 aliphatic carbocycles. The van der Waals surface area contributed by atoms with E-state index in [1.165, 1.54) is 16.0 Å². The normalized spacial score (nSPS) is 15.3. The van der Waals surface area contributed by atoms with Crippen LogP contribution in [-0.4, -0.2) is 29.1 Å². The summed E-state index contributed by atoms with van der Waals surface area (Å²) in [7, 11) is 1.59. The lowest BCUT2D eigenvalue weighted by atomic mass is 9.99. The fourth-order valence-corrected chi connectivity index (χ4v) is 4.14. The number of pyridine rings is 2. The zero-order valence-corrected chi connectivity index (χ0v) is 15.5. The number of carbonyl (C=O) groups is 1. The van der Waals surface area contributed by atoms with E-state index in [2.05, 4.69) is 23.5 Å². The first-order valence-corrected chi connectivity index (χ1v) is 9.45. The summed E-state index contributed by atoms with van der Waals surface area (Å²) >= 11 is 0. The first-order chi connectivity index (χ1) is 13.6. The molecule has 3 aromatic rings. The van der Waals surface area contributed by atoms with E-state index in [0.29, 0.717) is 11.3 Å². The number of aromatic carboxylic acids is 1. The Bertz CT molecular complexity index is 1190. The van der Waals surface area contributed by atoms with Crippen LogP contribution in [-0.2, 0) is 6.42 Å². The number of carboxylic acids is 1. The second kappa shape index (κ2) is 6.12. The quantitative estimate of drug-likeness (QED) is 0.728. The molecule has 0 unspecified atom stereocenters. The highest BCUT2D eigenvalue weighted by atomic mass is 16.5. The van der Waals surface area contributed by atoms with Crippen LogP contribution in [0.15, 0.2) is 41.3 Å². The summed E-state index contributed by atoms with van der Waals surface area (Å²) in [6, 6.07) is 9.66. The number of aromatic nitrogens is 1. The summed E-state index contributed by atoms with van der Waals surface area (Å²) in [6.07, 6.45) is 4.66. The van der Waals surface area contributed by atoms with Gasteiger partial charge >= 0.3 is 5.97 Å². The SMILES string of the molecule is COc1c(-c2ccc3c(c2)NCC3)ccn2c(=O)c(C(=O)O)cc(C3CC3)c12. The van der Waals surface area contributed by atoms with Crippen molar-refractivity contribution < 1.29 is 14.6 Å². The predicted octanol–water partition coefficient (Wildman–Crippen LogP) is 3.52. The highest BCUT2D eigenvalue weighted by molar-refractivity contribution is 5.90. The van der Waals surface area contributed by atoms with Crippen LogP contribution in [0.5, 0.6) is 5.75 Å². The Hall–Kier alpha value is -3.28. The van der Waals surface area contributed by atoms with Crippen molar-refractivity contribution in [2.45, 2.75) is 25.2 Å². The van der Waals surface area contributed by atoms with Crippen molar-refractivity contribution in [3.63, 3.8) is 0 Å². The maximum atomic E-state index is 12.8. The molecular formula is C22H20N2O4. The molecule has 1 saturated carbocycles. The van der Waals surface area contributed by atoms with Crippen molar-refractivity contribution in [2.24, 2.45) is 0 Å². The van der Waals surface area contributed by atoms with Crippen LogP contribution >= 0.6 is 0 Å². The van der Waals surface area contributed by atoms with Crippen LogP contribution in [0.25, 0.3) is 16.6 Å². The summed E-state index contributed by atoms with van der Waals surface area (Å²) < 4.78 is 7.20. The maximum Gasteiger partial charge on any atom is 0.341 e. The smallest absolute Gasteiger partial charge is 0.341 e. The Morgan fingerprint density at radius 1 is 1.25 bits per heavy atom. The van der Waals surface area contributed by atoms with Crippen LogP contribution < -0.4 is 15.6 Å². The van der Waals surface area contributed by atoms with E-state index in [-0.39, 0.29) is 11.5 Å². The third-order valence-corrected chi connectivity index (χ3v) is 5.70. The molecular weight excluding hydrogens is 356 g/mol. The van der Waals surface area contributed by atoms with Crippen molar-refractivity contribution in [2.75, 3.05) is 19.0 Å². The highest BCUT2D eigenvalue weighted by Gasteiger charge is 2.30. The molecule has 5 rings (SSSR count). The van der Waals surface area contributed by atoms with Crippen molar-refractivity contribution in [3.05, 3.63) is 63.6 Å². The molecule has 2 aliphatic rings. The van der Waals surface area contributed by atoms with E-state index in [4.69, 9.17) is 4.74 Å². The second-order valence-corrected chi connectivity index (χ2v) is 7.43. The minimum Gasteiger partial charge on any atom is -0.494 e. The number of anilines is 1. The summed E-state index contributed by atoms with van der Waals surface area (Å²) in [6.45, 7) is 0.937. The Labute approximate surface area is 161 Å². The number of nitrogens with one attached hydrogen (secondary N) is 1. The van der Waals surface area contributed by atoms with Gasteiger partial charge < -0.3 is 15.2 Å². The standard InChI is InChI=1S/C22H20N2O4/c1-28-20-15(14-5-4-13-6-8-23-18(13)10-14)7-9-24-19(20)16(12-2-3-12)11-17(21(24)25)22(26)27/h4-5,7,9-12,23H,2-3,6,8H2,1H3,(H,26,27). The van der Waals surface area contributed by atoms with Crippen molar-refractivity contribution in [1.29, 1.82) is 0 Å². The molecule has 6 heteroatoms. The number of hydrogen-bond acceptors (Lipinski definition) is 4. The third-order valence-electron chi connectivity index (χ3n) is 5.70. The molecule has 0 radical (unpaired) electrons. The molecule has 1 fully saturated rings. The Morgan fingerprint density at radius 2 is 2.07 bits per heavy atom. The minimum atomic E-state index is -1.20. The first-order valence-electron chi connectivity index (χ1n) is 9.45. The molecule has 0 atom stereocenters. The van der Waals surface area contributed by atoms with Crippen molar-refractivity contribution >= 4 is 17.2 Å². The fourth-order valence-electron chi connectivity index (χ4n) is 4.14. The molecule has 2 aromatic heterocycles. The average Bonchev–Trinajstić information content (AvgIpc) is 3.43. The number of ether oxygens (including phenoxy) is 1. The monoisotopic (exact) mass is 376 g/mol. The van der Waals surface area contributed by atoms with Crippen LogP contribution in [0.2, 0.25) is 0 Å². The van der Waals surface area contributed by atoms with Crippen molar-refractivity contribution in [1.82, 2.24) is 4.40 Å². The van der Waals surface area contributed by atoms with E-state index < -0.39 is 11.5 Å². The molecule has 0 bridgehead atoms. The van der Waals surface area contributed by atoms with E-state index in [1.807, 2.05) is 6.07 Å². The van der Waals surface area contributed by atoms with Gasteiger partial charge in [0.1, 0.15) is 5.56 Å². The van der Waals surface area contributed by atoms with Gasteiger partial charge in [0, 0.05) is 24.0 Å². The number of benzene rings is 1. The molecule has 28 heavy (non-hydrogen) atoms. The molecule has 2 N–H and O–H groups in total. The summed E-state index contributed by atoms with van der Waals surface area (Å²) in [5.41, 5.74) is 5.13. The molecule has 0 saturated heterocycles. The van der Waals surface area contributed by atoms with E-state index in [1.54, 1.807) is 13.3 Å². The molecule has 3 heterocycles. The van der Waals surface area contributed by atoms with Gasteiger partial charge in [-0.2, -0.15) is 0 Å². The lowest BCUT2D eigenvalue weighted by Crippen LogP contribution is -2.23. The zero-order valence-electron chi connectivity index (χ0n) is 15.5. The van der Waals surface area contributed by atoms with Crippen molar-refractivity contribution in [3.8, 4) is 16.9 Å². The van der Waals surface area contributed by atoms with Gasteiger partial charge in [0.05, 0.1) is 12.6 Å². The molecule has 1 aliphatic heterocycles. The van der Waals surface area contributed by atoms with Gasteiger partial charge in [-0.05, 0) is 60.1 Å². The van der Waals surface area contributed by atoms with Gasteiger partial charge in [0.25, 0.3) is 5.56 Å². The van der Waals surface area contributed by atoms with Crippen LogP contribution in [0, 0.1) is 0 Å². The maximum absolute atomic E-state index is 12.8. The second-order valence-electron chi connectivity index (χ2n) is 7.43. The Balaban J connectivity index is 1.81. The molecule has 0 spiro atoms. The number of nitrogens with zero attached hydrogens (tertiary/aromatic N) is 1. The van der Waals surface area contributed by atoms with Gasteiger partial charge in [-0.3, -0.25) is 9.20 Å². The summed E-state index contributed by atoms with van der Waals surface area (Å²) in [4.78, 5) is 24.3. The van der Waals surface area contributed by atoms with Crippen LogP contribution in [0.4, 0.5) is 5.69 Å². The van der Waals surface area contributed by atoms with Gasteiger partial charge in [0.15, 0.2) is 5.75 Å². The van der Waals surface area contributed by atoms with Gasteiger partial charge in [-0.25, -0.2) is 4.79 Å². The molecule has 0 amide bonds. The molecule has 1 aromatic carbocycles. The number of rotatable bonds is 4. The highest BCUT2D eigenvalue weighted by Crippen LogP contribution is 2.46. The topological polar surface area (TPSA) is 80.0 Å². The lowest BCUT2D eigenvalue weighted by molar-refractivity contribution is 0.0694. The van der Waals surface area contributed by atoms with Crippen LogP contribution in [0.3, 0.4) is 0 Å². The number of methoxy groups -OCH3 is 1. The minimum absolute atomic E-state index is 0.198. The van der Waals surface area contributed by atoms with Gasteiger partial charge in [-0.15, -0.1) is 0 Å². The summed E-state index contributed by atoms with van der Waals surface area (Å²) in [5, 5.41) is 12.8. The Kier molecular flexibility index (Phi) is 3.69. The number of carboxylic acid groups (broad SMARTS) is 1. The Morgan fingerprint density at radius 3 is 2.79 bits per heavy atom. The number of hydrogen-bond donors (Lipinski definition) is 2. The van der Waals surface area contributed by atoms with E-state index in [9.17, 15) is 14.7 Å². The lowest BCUT2D eigenvalue weighted by Gasteiger charge is -2.17. The molecule has 142 valence electrons.